The van der Waals surface area contributed by atoms with Crippen molar-refractivity contribution in [3.63, 3.8) is 0 Å². The van der Waals surface area contributed by atoms with Crippen LogP contribution in [0, 0.1) is 11.7 Å². The molecule has 1 aromatic heterocycles. The van der Waals surface area contributed by atoms with Crippen molar-refractivity contribution in [2.24, 2.45) is 5.92 Å². The molecule has 206 valence electrons. The predicted octanol–water partition coefficient (Wildman–Crippen LogP) is 10.8. The van der Waals surface area contributed by atoms with Crippen LogP contribution in [0.1, 0.15) is 135 Å². The fourth-order valence-electron chi connectivity index (χ4n) is 6.51. The number of nitrogens with zero attached hydrogens (tertiary/aromatic N) is 1. The fraction of sp³-hybridized carbons (Fsp3) is 0.676. The van der Waals surface area contributed by atoms with E-state index in [2.05, 4.69) is 39.1 Å². The molecule has 1 fully saturated rings. The zero-order valence-electron chi connectivity index (χ0n) is 24.0. The summed E-state index contributed by atoms with van der Waals surface area (Å²) >= 11 is 0. The highest BCUT2D eigenvalue weighted by atomic mass is 19.1. The number of benzene rings is 1. The Balaban J connectivity index is 1.68. The minimum Gasteiger partial charge on any atom is -0.493 e. The van der Waals surface area contributed by atoms with Crippen molar-refractivity contribution in [1.29, 1.82) is 0 Å². The van der Waals surface area contributed by atoms with Gasteiger partial charge >= 0.3 is 0 Å². The molecule has 2 aromatic rings. The zero-order chi connectivity index (χ0) is 26.3. The number of hydrogen-bond acceptors (Lipinski definition) is 2. The maximum atomic E-state index is 15.1. The molecule has 0 saturated heterocycles. The fourth-order valence-corrected chi connectivity index (χ4v) is 6.51. The molecule has 1 aromatic carbocycles. The molecule has 1 aliphatic rings. The second-order valence-corrected chi connectivity index (χ2v) is 11.4. The van der Waals surface area contributed by atoms with Gasteiger partial charge in [0.25, 0.3) is 0 Å². The van der Waals surface area contributed by atoms with Gasteiger partial charge in [0.05, 0.1) is 12.3 Å². The van der Waals surface area contributed by atoms with E-state index in [-0.39, 0.29) is 11.2 Å². The zero-order valence-corrected chi connectivity index (χ0v) is 24.0. The topological polar surface area (TPSA) is 22.1 Å². The normalized spacial score (nSPS) is 16.0. The van der Waals surface area contributed by atoms with Crippen molar-refractivity contribution in [1.82, 2.24) is 4.98 Å². The van der Waals surface area contributed by atoms with E-state index in [1.165, 1.54) is 114 Å². The van der Waals surface area contributed by atoms with Crippen molar-refractivity contribution < 1.29 is 9.13 Å². The summed E-state index contributed by atoms with van der Waals surface area (Å²) in [5.41, 5.74) is 2.89. The summed E-state index contributed by atoms with van der Waals surface area (Å²) in [7, 11) is 0. The van der Waals surface area contributed by atoms with Gasteiger partial charge in [-0.2, -0.15) is 0 Å². The van der Waals surface area contributed by atoms with Crippen molar-refractivity contribution in [3.05, 3.63) is 47.9 Å². The summed E-state index contributed by atoms with van der Waals surface area (Å²) in [6.45, 7) is 7.50. The number of aromatic nitrogens is 1. The summed E-state index contributed by atoms with van der Waals surface area (Å²) in [5, 5.41) is 0. The second kappa shape index (κ2) is 16.1. The molecule has 0 spiro atoms. The Labute approximate surface area is 226 Å². The molecule has 1 heterocycles. The quantitative estimate of drug-likeness (QED) is 0.198. The lowest BCUT2D eigenvalue weighted by Crippen LogP contribution is -2.37. The van der Waals surface area contributed by atoms with Crippen LogP contribution in [0.5, 0.6) is 5.75 Å². The lowest BCUT2D eigenvalue weighted by atomic mass is 9.60. The summed E-state index contributed by atoms with van der Waals surface area (Å²) in [5.74, 6) is 1.08. The van der Waals surface area contributed by atoms with Gasteiger partial charge in [-0.15, -0.1) is 0 Å². The monoisotopic (exact) mass is 509 g/mol. The van der Waals surface area contributed by atoms with Crippen LogP contribution in [-0.2, 0) is 5.41 Å². The van der Waals surface area contributed by atoms with Gasteiger partial charge in [0.15, 0.2) is 0 Å². The molecule has 1 unspecified atom stereocenters. The molecular weight excluding hydrogens is 457 g/mol. The maximum absolute atomic E-state index is 15.1. The van der Waals surface area contributed by atoms with Crippen molar-refractivity contribution in [2.75, 3.05) is 6.61 Å². The van der Waals surface area contributed by atoms with Gasteiger partial charge in [-0.05, 0) is 67.2 Å². The molecule has 0 aliphatic heterocycles. The van der Waals surface area contributed by atoms with Crippen LogP contribution in [-0.4, -0.2) is 11.6 Å². The third-order valence-electron chi connectivity index (χ3n) is 8.64. The first-order valence-electron chi connectivity index (χ1n) is 15.5. The van der Waals surface area contributed by atoms with Gasteiger partial charge in [-0.1, -0.05) is 104 Å². The van der Waals surface area contributed by atoms with Crippen molar-refractivity contribution in [2.45, 2.75) is 135 Å². The Hall–Kier alpha value is -1.90. The summed E-state index contributed by atoms with van der Waals surface area (Å²) in [6.07, 6.45) is 23.7. The molecule has 3 heteroatoms. The predicted molar refractivity (Wildman–Crippen MR) is 156 cm³/mol. The highest BCUT2D eigenvalue weighted by Crippen LogP contribution is 2.48. The molecule has 1 aliphatic carbocycles. The smallest absolute Gasteiger partial charge is 0.136 e. The summed E-state index contributed by atoms with van der Waals surface area (Å²) < 4.78 is 20.9. The third kappa shape index (κ3) is 8.55. The van der Waals surface area contributed by atoms with Gasteiger partial charge in [-0.25, -0.2) is 4.39 Å². The second-order valence-electron chi connectivity index (χ2n) is 11.4. The van der Waals surface area contributed by atoms with Crippen LogP contribution >= 0.6 is 0 Å². The lowest BCUT2D eigenvalue weighted by molar-refractivity contribution is 0.165. The first-order valence-corrected chi connectivity index (χ1v) is 15.5. The highest BCUT2D eigenvalue weighted by Gasteiger charge is 2.40. The number of pyridine rings is 1. The van der Waals surface area contributed by atoms with E-state index in [1.807, 2.05) is 12.1 Å². The number of unbranched alkanes of at least 4 members (excludes halogenated alkanes) is 7. The number of ether oxygens (including phenoxy) is 1. The SMILES string of the molecule is CCCCCCCCOc1ccc(-c2ccc(C3(C(CCC)CCCCC)CCCCC3)cn2)c(F)c1. The van der Waals surface area contributed by atoms with Gasteiger partial charge in [0.2, 0.25) is 0 Å². The first-order chi connectivity index (χ1) is 18.1. The minimum atomic E-state index is -0.253. The van der Waals surface area contributed by atoms with Crippen LogP contribution in [0.3, 0.4) is 0 Å². The Bertz CT molecular complexity index is 887. The Morgan fingerprint density at radius 3 is 2.22 bits per heavy atom. The highest BCUT2D eigenvalue weighted by molar-refractivity contribution is 5.61. The summed E-state index contributed by atoms with van der Waals surface area (Å²) in [4.78, 5) is 4.83. The Morgan fingerprint density at radius 1 is 0.811 bits per heavy atom. The van der Waals surface area contributed by atoms with Gasteiger partial charge < -0.3 is 4.74 Å². The largest absolute Gasteiger partial charge is 0.493 e. The van der Waals surface area contributed by atoms with E-state index in [0.717, 1.165) is 12.3 Å². The molecule has 0 bridgehead atoms. The van der Waals surface area contributed by atoms with E-state index < -0.39 is 0 Å². The molecule has 0 radical (unpaired) electrons. The number of hydrogen-bond donors (Lipinski definition) is 0. The molecule has 0 N–H and O–H groups in total. The Morgan fingerprint density at radius 2 is 1.54 bits per heavy atom. The average Bonchev–Trinajstić information content (AvgIpc) is 2.93. The van der Waals surface area contributed by atoms with E-state index in [9.17, 15) is 0 Å². The van der Waals surface area contributed by atoms with E-state index in [4.69, 9.17) is 9.72 Å². The molecule has 0 amide bonds. The molecular formula is C34H52FNO. The van der Waals surface area contributed by atoms with Gasteiger partial charge in [0, 0.05) is 17.8 Å². The molecule has 37 heavy (non-hydrogen) atoms. The molecule has 2 nitrogen and oxygen atoms in total. The Kier molecular flexibility index (Phi) is 12.9. The van der Waals surface area contributed by atoms with Crippen LogP contribution in [0.15, 0.2) is 36.5 Å². The number of halogens is 1. The van der Waals surface area contributed by atoms with E-state index >= 15 is 4.39 Å². The molecule has 3 rings (SSSR count). The molecule has 1 saturated carbocycles. The molecule has 1 atom stereocenters. The number of rotatable bonds is 17. The van der Waals surface area contributed by atoms with Crippen LogP contribution in [0.2, 0.25) is 0 Å². The standard InChI is InChI=1S/C34H52FNO/c1-4-7-9-10-11-16-25-37-30-20-21-31(32(35)26-30)33-22-19-29(27-36-33)34(23-14-12-15-24-34)28(17-6-3)18-13-8-5-2/h19-22,26-28H,4-18,23-25H2,1-3H3. The average molecular weight is 510 g/mol. The van der Waals surface area contributed by atoms with Crippen LogP contribution in [0.4, 0.5) is 4.39 Å². The van der Waals surface area contributed by atoms with Gasteiger partial charge in [0.1, 0.15) is 11.6 Å². The van der Waals surface area contributed by atoms with E-state index in [0.29, 0.717) is 23.6 Å². The van der Waals surface area contributed by atoms with Gasteiger partial charge in [-0.3, -0.25) is 4.98 Å². The van der Waals surface area contributed by atoms with Crippen LogP contribution < -0.4 is 4.74 Å². The van der Waals surface area contributed by atoms with Crippen LogP contribution in [0.25, 0.3) is 11.3 Å². The minimum absolute atomic E-state index is 0.236. The van der Waals surface area contributed by atoms with Crippen molar-refractivity contribution >= 4 is 0 Å². The first kappa shape index (κ1) is 29.7. The van der Waals surface area contributed by atoms with E-state index in [1.54, 1.807) is 0 Å². The van der Waals surface area contributed by atoms with Crippen molar-refractivity contribution in [3.8, 4) is 17.0 Å². The lowest BCUT2D eigenvalue weighted by Gasteiger charge is -2.44. The summed E-state index contributed by atoms with van der Waals surface area (Å²) in [6, 6.07) is 9.55. The third-order valence-corrected chi connectivity index (χ3v) is 8.64. The maximum Gasteiger partial charge on any atom is 0.136 e.